The Balaban J connectivity index is 1.60. The Morgan fingerprint density at radius 1 is 1.16 bits per heavy atom. The first kappa shape index (κ1) is 18.3. The lowest BCUT2D eigenvalue weighted by atomic mass is 9.87. The third-order valence-electron chi connectivity index (χ3n) is 5.23. The number of likely N-dealkylation sites (tertiary alicyclic amines) is 1. The van der Waals surface area contributed by atoms with Crippen molar-refractivity contribution in [2.75, 3.05) is 33.4 Å². The Hall–Kier alpha value is -1.46. The van der Waals surface area contributed by atoms with Crippen molar-refractivity contribution < 1.29 is 19.3 Å². The maximum atomic E-state index is 10.4. The van der Waals surface area contributed by atoms with Gasteiger partial charge in [0.25, 0.3) is 0 Å². The monoisotopic (exact) mass is 349 g/mol. The quantitative estimate of drug-likeness (QED) is 0.855. The molecule has 1 unspecified atom stereocenters. The molecule has 5 nitrogen and oxygen atoms in total. The van der Waals surface area contributed by atoms with Crippen LogP contribution in [0.3, 0.4) is 0 Å². The second-order valence-corrected chi connectivity index (χ2v) is 7.62. The van der Waals surface area contributed by atoms with Crippen molar-refractivity contribution >= 4 is 0 Å². The summed E-state index contributed by atoms with van der Waals surface area (Å²) >= 11 is 0. The SMILES string of the molecule is COc1cc2c(cc1CN1CCC(C(O)CC(C)C)CC1)OCCO2. The van der Waals surface area contributed by atoms with Gasteiger partial charge in [-0.15, -0.1) is 0 Å². The number of hydrogen-bond donors (Lipinski definition) is 1. The van der Waals surface area contributed by atoms with Gasteiger partial charge in [-0.2, -0.15) is 0 Å². The molecule has 3 rings (SSSR count). The minimum absolute atomic E-state index is 0.161. The van der Waals surface area contributed by atoms with E-state index in [1.807, 2.05) is 12.1 Å². The van der Waals surface area contributed by atoms with Crippen LogP contribution in [0.25, 0.3) is 0 Å². The Morgan fingerprint density at radius 3 is 2.40 bits per heavy atom. The highest BCUT2D eigenvalue weighted by Gasteiger charge is 2.26. The molecule has 1 aromatic rings. The normalized spacial score (nSPS) is 19.9. The van der Waals surface area contributed by atoms with Crippen molar-refractivity contribution in [1.82, 2.24) is 4.90 Å². The first-order valence-electron chi connectivity index (χ1n) is 9.43. The van der Waals surface area contributed by atoms with Crippen LogP contribution >= 0.6 is 0 Å². The predicted molar refractivity (Wildman–Crippen MR) is 97.4 cm³/mol. The third kappa shape index (κ3) is 4.59. The van der Waals surface area contributed by atoms with E-state index in [0.29, 0.717) is 25.0 Å². The minimum Gasteiger partial charge on any atom is -0.496 e. The highest BCUT2D eigenvalue weighted by atomic mass is 16.6. The minimum atomic E-state index is -0.161. The molecule has 0 spiro atoms. The number of aliphatic hydroxyl groups is 1. The number of ether oxygens (including phenoxy) is 3. The van der Waals surface area contributed by atoms with E-state index in [4.69, 9.17) is 14.2 Å². The largest absolute Gasteiger partial charge is 0.496 e. The standard InChI is InChI=1S/C20H31NO4/c1-14(2)10-17(22)15-4-6-21(7-5-15)13-16-11-19-20(12-18(16)23-3)25-9-8-24-19/h11-12,14-15,17,22H,4-10,13H2,1-3H3. The molecule has 2 heterocycles. The summed E-state index contributed by atoms with van der Waals surface area (Å²) in [6.45, 7) is 8.39. The van der Waals surface area contributed by atoms with Crippen molar-refractivity contribution in [3.63, 3.8) is 0 Å². The van der Waals surface area contributed by atoms with Gasteiger partial charge < -0.3 is 19.3 Å². The Bertz CT molecular complexity index is 567. The van der Waals surface area contributed by atoms with Gasteiger partial charge in [0, 0.05) is 18.2 Å². The average molecular weight is 349 g/mol. The molecule has 1 fully saturated rings. The van der Waals surface area contributed by atoms with Gasteiger partial charge in [0.2, 0.25) is 0 Å². The van der Waals surface area contributed by atoms with Crippen molar-refractivity contribution in [3.8, 4) is 17.2 Å². The first-order valence-corrected chi connectivity index (χ1v) is 9.43. The lowest BCUT2D eigenvalue weighted by Crippen LogP contribution is -2.37. The van der Waals surface area contributed by atoms with Crippen LogP contribution in [0.4, 0.5) is 0 Å². The fourth-order valence-corrected chi connectivity index (χ4v) is 3.84. The molecule has 2 aliphatic rings. The summed E-state index contributed by atoms with van der Waals surface area (Å²) in [5, 5.41) is 10.4. The summed E-state index contributed by atoms with van der Waals surface area (Å²) in [5.41, 5.74) is 1.13. The van der Waals surface area contributed by atoms with E-state index in [2.05, 4.69) is 18.7 Å². The second-order valence-electron chi connectivity index (χ2n) is 7.62. The molecule has 0 radical (unpaired) electrons. The zero-order chi connectivity index (χ0) is 17.8. The van der Waals surface area contributed by atoms with Gasteiger partial charge in [-0.25, -0.2) is 0 Å². The van der Waals surface area contributed by atoms with Crippen LogP contribution in [0.5, 0.6) is 17.2 Å². The average Bonchev–Trinajstić information content (AvgIpc) is 2.61. The van der Waals surface area contributed by atoms with Crippen LogP contribution in [0.2, 0.25) is 0 Å². The molecule has 2 aliphatic heterocycles. The summed E-state index contributed by atoms with van der Waals surface area (Å²) in [6, 6.07) is 3.98. The van der Waals surface area contributed by atoms with Gasteiger partial charge in [0.1, 0.15) is 19.0 Å². The number of aliphatic hydroxyl groups excluding tert-OH is 1. The van der Waals surface area contributed by atoms with Gasteiger partial charge in [-0.05, 0) is 50.3 Å². The smallest absolute Gasteiger partial charge is 0.165 e. The maximum Gasteiger partial charge on any atom is 0.165 e. The lowest BCUT2D eigenvalue weighted by Gasteiger charge is -2.35. The van der Waals surface area contributed by atoms with E-state index >= 15 is 0 Å². The van der Waals surface area contributed by atoms with Gasteiger partial charge in [0.15, 0.2) is 11.5 Å². The predicted octanol–water partition coefficient (Wildman–Crippen LogP) is 3.09. The number of hydrogen-bond acceptors (Lipinski definition) is 5. The molecule has 1 N–H and O–H groups in total. The number of fused-ring (bicyclic) bond motifs is 1. The lowest BCUT2D eigenvalue weighted by molar-refractivity contribution is 0.0434. The molecule has 0 saturated carbocycles. The number of methoxy groups -OCH3 is 1. The molecule has 1 aromatic carbocycles. The molecule has 0 amide bonds. The van der Waals surface area contributed by atoms with Crippen molar-refractivity contribution in [2.24, 2.45) is 11.8 Å². The van der Waals surface area contributed by atoms with Gasteiger partial charge in [-0.3, -0.25) is 4.90 Å². The fourth-order valence-electron chi connectivity index (χ4n) is 3.84. The summed E-state index contributed by atoms with van der Waals surface area (Å²) in [4.78, 5) is 2.44. The van der Waals surface area contributed by atoms with Crippen molar-refractivity contribution in [1.29, 1.82) is 0 Å². The number of nitrogens with zero attached hydrogens (tertiary/aromatic N) is 1. The number of rotatable bonds is 6. The van der Waals surface area contributed by atoms with Gasteiger partial charge in [-0.1, -0.05) is 13.8 Å². The topological polar surface area (TPSA) is 51.2 Å². The van der Waals surface area contributed by atoms with Crippen molar-refractivity contribution in [2.45, 2.75) is 45.8 Å². The van der Waals surface area contributed by atoms with Crippen LogP contribution < -0.4 is 14.2 Å². The third-order valence-corrected chi connectivity index (χ3v) is 5.23. The van der Waals surface area contributed by atoms with Crippen LogP contribution in [-0.4, -0.2) is 49.5 Å². The second kappa shape index (κ2) is 8.28. The molecular weight excluding hydrogens is 318 g/mol. The van der Waals surface area contributed by atoms with E-state index in [1.165, 1.54) is 0 Å². The molecular formula is C20H31NO4. The summed E-state index contributed by atoms with van der Waals surface area (Å²) < 4.78 is 16.9. The maximum absolute atomic E-state index is 10.4. The van der Waals surface area contributed by atoms with Crippen LogP contribution in [-0.2, 0) is 6.54 Å². The molecule has 5 heteroatoms. The number of piperidine rings is 1. The summed E-state index contributed by atoms with van der Waals surface area (Å²) in [5.74, 6) is 3.41. The summed E-state index contributed by atoms with van der Waals surface area (Å²) in [7, 11) is 1.70. The molecule has 0 bridgehead atoms. The van der Waals surface area contributed by atoms with E-state index < -0.39 is 0 Å². The Morgan fingerprint density at radius 2 is 1.80 bits per heavy atom. The van der Waals surface area contributed by atoms with E-state index in [-0.39, 0.29) is 6.10 Å². The zero-order valence-electron chi connectivity index (χ0n) is 15.7. The summed E-state index contributed by atoms with van der Waals surface area (Å²) in [6.07, 6.45) is 2.85. The van der Waals surface area contributed by atoms with Crippen LogP contribution in [0.15, 0.2) is 12.1 Å². The van der Waals surface area contributed by atoms with Crippen LogP contribution in [0, 0.1) is 11.8 Å². The molecule has 140 valence electrons. The van der Waals surface area contributed by atoms with E-state index in [9.17, 15) is 5.11 Å². The molecule has 0 aromatic heterocycles. The molecule has 0 aliphatic carbocycles. The van der Waals surface area contributed by atoms with E-state index in [1.54, 1.807) is 7.11 Å². The number of benzene rings is 1. The molecule has 1 atom stereocenters. The zero-order valence-corrected chi connectivity index (χ0v) is 15.7. The Kier molecular flexibility index (Phi) is 6.07. The van der Waals surface area contributed by atoms with Gasteiger partial charge >= 0.3 is 0 Å². The first-order chi connectivity index (χ1) is 12.1. The fraction of sp³-hybridized carbons (Fsp3) is 0.700. The molecule has 25 heavy (non-hydrogen) atoms. The Labute approximate surface area is 150 Å². The van der Waals surface area contributed by atoms with Crippen molar-refractivity contribution in [3.05, 3.63) is 17.7 Å². The van der Waals surface area contributed by atoms with Crippen LogP contribution in [0.1, 0.15) is 38.7 Å². The molecule has 1 saturated heterocycles. The highest BCUT2D eigenvalue weighted by molar-refractivity contribution is 5.51. The van der Waals surface area contributed by atoms with Gasteiger partial charge in [0.05, 0.1) is 13.2 Å². The van der Waals surface area contributed by atoms with E-state index in [0.717, 1.165) is 61.7 Å². The highest BCUT2D eigenvalue weighted by Crippen LogP contribution is 2.37.